The first kappa shape index (κ1) is 21.1. The van der Waals surface area contributed by atoms with Gasteiger partial charge in [0.1, 0.15) is 5.65 Å². The molecular weight excluding hydrogens is 557 g/mol. The Hall–Kier alpha value is -2.19. The Bertz CT molecular complexity index is 1330. The number of halogens is 4. The average Bonchev–Trinajstić information content (AvgIpc) is 3.08. The molecule has 0 radical (unpaired) electrons. The minimum atomic E-state index is -0.490. The Balaban J connectivity index is 1.95. The van der Waals surface area contributed by atoms with E-state index in [0.717, 1.165) is 0 Å². The molecule has 2 aromatic heterocycles. The largest absolute Gasteiger partial charge is 0.398 e. The third-order valence-corrected chi connectivity index (χ3v) is 6.47. The number of ketones is 1. The van der Waals surface area contributed by atoms with Crippen LogP contribution in [0.4, 0.5) is 5.69 Å². The molecule has 0 saturated heterocycles. The van der Waals surface area contributed by atoms with Crippen LogP contribution in [0.2, 0.25) is 10.0 Å². The van der Waals surface area contributed by atoms with E-state index in [2.05, 4.69) is 36.8 Å². The molecule has 0 saturated carbocycles. The zero-order chi connectivity index (χ0) is 21.6. The normalized spacial score (nSPS) is 11.1. The van der Waals surface area contributed by atoms with E-state index < -0.39 is 5.91 Å². The summed E-state index contributed by atoms with van der Waals surface area (Å²) in [6.07, 6.45) is 3.00. The number of aromatic nitrogens is 2. The van der Waals surface area contributed by atoms with Crippen LogP contribution in [0.5, 0.6) is 0 Å². The van der Waals surface area contributed by atoms with E-state index in [1.165, 1.54) is 10.8 Å². The zero-order valence-corrected chi connectivity index (χ0v) is 19.7. The van der Waals surface area contributed by atoms with Gasteiger partial charge in [0.2, 0.25) is 0 Å². The van der Waals surface area contributed by atoms with Gasteiger partial charge in [-0.05, 0) is 62.2 Å². The zero-order valence-electron chi connectivity index (χ0n) is 15.0. The molecule has 0 aliphatic rings. The summed E-state index contributed by atoms with van der Waals surface area (Å²) < 4.78 is 2.43. The SMILES string of the molecule is Nc1cccc(C(=O)c2cn(C(=O)c3c(Cl)cccc3Cl)c3ncc(Br)cc23)c1Br. The summed E-state index contributed by atoms with van der Waals surface area (Å²) in [5, 5.41) is 0.913. The standard InChI is InChI=1S/C21H11Br2Cl2N3O2/c22-10-7-12-13(19(29)11-3-1-6-16(26)18(11)23)9-28(20(12)27-8-10)21(30)17-14(24)4-2-5-15(17)25/h1-9H,26H2. The Kier molecular flexibility index (Phi) is 5.72. The average molecular weight is 568 g/mol. The van der Waals surface area contributed by atoms with E-state index in [-0.39, 0.29) is 21.4 Å². The lowest BCUT2D eigenvalue weighted by molar-refractivity contribution is 0.0964. The first-order valence-electron chi connectivity index (χ1n) is 8.53. The van der Waals surface area contributed by atoms with Gasteiger partial charge >= 0.3 is 0 Å². The lowest BCUT2D eigenvalue weighted by atomic mass is 10.0. The van der Waals surface area contributed by atoms with E-state index >= 15 is 0 Å². The van der Waals surface area contributed by atoms with Gasteiger partial charge in [-0.2, -0.15) is 0 Å². The molecule has 0 aliphatic heterocycles. The van der Waals surface area contributed by atoms with Crippen LogP contribution >= 0.6 is 55.1 Å². The molecule has 2 aromatic carbocycles. The summed E-state index contributed by atoms with van der Waals surface area (Å²) in [4.78, 5) is 31.0. The van der Waals surface area contributed by atoms with Crippen LogP contribution < -0.4 is 5.73 Å². The number of carbonyl (C=O) groups is 2. The molecule has 0 bridgehead atoms. The van der Waals surface area contributed by atoms with Crippen molar-refractivity contribution < 1.29 is 9.59 Å². The van der Waals surface area contributed by atoms with Crippen molar-refractivity contribution in [3.8, 4) is 0 Å². The number of rotatable bonds is 3. The molecule has 9 heteroatoms. The summed E-state index contributed by atoms with van der Waals surface area (Å²) in [6.45, 7) is 0. The Labute approximate surface area is 198 Å². The first-order valence-corrected chi connectivity index (χ1v) is 10.9. The number of carbonyl (C=O) groups excluding carboxylic acids is 2. The molecular formula is C21H11Br2Cl2N3O2. The van der Waals surface area contributed by atoms with Gasteiger partial charge in [0.25, 0.3) is 5.91 Å². The monoisotopic (exact) mass is 565 g/mol. The number of hydrogen-bond acceptors (Lipinski definition) is 4. The van der Waals surface area contributed by atoms with Crippen molar-refractivity contribution in [1.29, 1.82) is 0 Å². The van der Waals surface area contributed by atoms with Gasteiger partial charge in [-0.3, -0.25) is 14.2 Å². The van der Waals surface area contributed by atoms with Crippen molar-refractivity contribution in [1.82, 2.24) is 9.55 Å². The molecule has 2 N–H and O–H groups in total. The minimum absolute atomic E-state index is 0.131. The summed E-state index contributed by atoms with van der Waals surface area (Å²) >= 11 is 19.2. The van der Waals surface area contributed by atoms with Crippen LogP contribution in [-0.4, -0.2) is 21.2 Å². The van der Waals surface area contributed by atoms with Crippen LogP contribution in [-0.2, 0) is 0 Å². The van der Waals surface area contributed by atoms with Gasteiger partial charge in [0, 0.05) is 33.5 Å². The molecule has 0 atom stereocenters. The summed E-state index contributed by atoms with van der Waals surface area (Å²) in [7, 11) is 0. The maximum absolute atomic E-state index is 13.3. The topological polar surface area (TPSA) is 78.0 Å². The van der Waals surface area contributed by atoms with Crippen LogP contribution in [0.25, 0.3) is 11.0 Å². The van der Waals surface area contributed by atoms with Crippen LogP contribution in [0, 0.1) is 0 Å². The highest BCUT2D eigenvalue weighted by molar-refractivity contribution is 9.11. The molecule has 0 amide bonds. The fraction of sp³-hybridized carbons (Fsp3) is 0. The quantitative estimate of drug-likeness (QED) is 0.230. The van der Waals surface area contributed by atoms with Crippen molar-refractivity contribution in [2.45, 2.75) is 0 Å². The van der Waals surface area contributed by atoms with Gasteiger partial charge in [-0.25, -0.2) is 4.98 Å². The maximum Gasteiger partial charge on any atom is 0.266 e. The predicted molar refractivity (Wildman–Crippen MR) is 126 cm³/mol. The lowest BCUT2D eigenvalue weighted by Crippen LogP contribution is -2.13. The number of nitrogens with zero attached hydrogens (tertiary/aromatic N) is 2. The van der Waals surface area contributed by atoms with Crippen LogP contribution in [0.15, 0.2) is 63.8 Å². The van der Waals surface area contributed by atoms with E-state index in [9.17, 15) is 9.59 Å². The molecule has 4 rings (SSSR count). The highest BCUT2D eigenvalue weighted by atomic mass is 79.9. The van der Waals surface area contributed by atoms with E-state index in [1.54, 1.807) is 48.7 Å². The lowest BCUT2D eigenvalue weighted by Gasteiger charge is -2.07. The number of hydrogen-bond donors (Lipinski definition) is 1. The number of anilines is 1. The second-order valence-corrected chi connectivity index (χ2v) is 8.90. The Morgan fingerprint density at radius 1 is 1.00 bits per heavy atom. The number of benzene rings is 2. The fourth-order valence-corrected chi connectivity index (χ4v) is 4.45. The number of fused-ring (bicyclic) bond motifs is 1. The minimum Gasteiger partial charge on any atom is -0.398 e. The number of nitrogens with two attached hydrogens (primary N) is 1. The maximum atomic E-state index is 13.3. The van der Waals surface area contributed by atoms with Crippen molar-refractivity contribution in [2.75, 3.05) is 5.73 Å². The third-order valence-electron chi connectivity index (χ3n) is 4.52. The molecule has 0 unspecified atom stereocenters. The van der Waals surface area contributed by atoms with Crippen molar-refractivity contribution >= 4 is 83.5 Å². The van der Waals surface area contributed by atoms with E-state index in [4.69, 9.17) is 28.9 Å². The fourth-order valence-electron chi connectivity index (χ4n) is 3.11. The van der Waals surface area contributed by atoms with Gasteiger partial charge in [0.05, 0.1) is 25.6 Å². The molecule has 0 aliphatic carbocycles. The van der Waals surface area contributed by atoms with Gasteiger partial charge in [-0.15, -0.1) is 0 Å². The highest BCUT2D eigenvalue weighted by Gasteiger charge is 2.25. The third kappa shape index (κ3) is 3.56. The first-order chi connectivity index (χ1) is 14.3. The summed E-state index contributed by atoms with van der Waals surface area (Å²) in [6, 6.07) is 11.6. The highest BCUT2D eigenvalue weighted by Crippen LogP contribution is 2.32. The van der Waals surface area contributed by atoms with Gasteiger partial charge in [0.15, 0.2) is 5.78 Å². The van der Waals surface area contributed by atoms with Gasteiger partial charge in [-0.1, -0.05) is 35.3 Å². The molecule has 5 nitrogen and oxygen atoms in total. The van der Waals surface area contributed by atoms with Gasteiger partial charge < -0.3 is 5.73 Å². The molecule has 2 heterocycles. The van der Waals surface area contributed by atoms with Crippen molar-refractivity contribution in [3.05, 3.63) is 90.5 Å². The van der Waals surface area contributed by atoms with Crippen molar-refractivity contribution in [2.24, 2.45) is 0 Å². The molecule has 0 fully saturated rings. The van der Waals surface area contributed by atoms with Crippen LogP contribution in [0.1, 0.15) is 26.3 Å². The molecule has 150 valence electrons. The number of nitrogen functional groups attached to an aromatic ring is 1. The second-order valence-electron chi connectivity index (χ2n) is 6.38. The van der Waals surface area contributed by atoms with E-state index in [0.29, 0.717) is 36.8 Å². The Morgan fingerprint density at radius 2 is 1.67 bits per heavy atom. The van der Waals surface area contributed by atoms with E-state index in [1.807, 2.05) is 0 Å². The summed E-state index contributed by atoms with van der Waals surface area (Å²) in [5.41, 5.74) is 7.47. The molecule has 30 heavy (non-hydrogen) atoms. The summed E-state index contributed by atoms with van der Waals surface area (Å²) in [5.74, 6) is -0.799. The smallest absolute Gasteiger partial charge is 0.266 e. The molecule has 4 aromatic rings. The second kappa shape index (κ2) is 8.15. The molecule has 0 spiro atoms. The predicted octanol–water partition coefficient (Wildman–Crippen LogP) is 6.37. The Morgan fingerprint density at radius 3 is 2.37 bits per heavy atom. The van der Waals surface area contributed by atoms with Crippen molar-refractivity contribution in [3.63, 3.8) is 0 Å². The van der Waals surface area contributed by atoms with Crippen LogP contribution in [0.3, 0.4) is 0 Å². The number of pyridine rings is 1.